The van der Waals surface area contributed by atoms with Gasteiger partial charge in [0.1, 0.15) is 5.75 Å². The second-order valence-electron chi connectivity index (χ2n) is 4.86. The minimum Gasteiger partial charge on any atom is -0.497 e. The number of nitrogens with one attached hydrogen (secondary N) is 1. The second kappa shape index (κ2) is 10.6. The standard InChI is InChI=1S/C16H21N3O6/c1-17-14(20)9-19(2)15(21)10-24-16(22)11-25-18-8-12-4-6-13(23-3)7-5-12/h4-8H,9-11H2,1-3H3,(H,17,20)/b18-8-. The molecular weight excluding hydrogens is 330 g/mol. The number of carbonyl (C=O) groups excluding carboxylic acids is 3. The molecule has 9 nitrogen and oxygen atoms in total. The van der Waals surface area contributed by atoms with Gasteiger partial charge in [0.15, 0.2) is 6.61 Å². The molecule has 1 N–H and O–H groups in total. The molecule has 2 amide bonds. The lowest BCUT2D eigenvalue weighted by molar-refractivity contribution is -0.155. The average molecular weight is 351 g/mol. The first-order valence-electron chi connectivity index (χ1n) is 7.35. The Bertz CT molecular complexity index is 615. The zero-order valence-corrected chi connectivity index (χ0v) is 14.4. The van der Waals surface area contributed by atoms with Crippen LogP contribution in [0.3, 0.4) is 0 Å². The van der Waals surface area contributed by atoms with E-state index < -0.39 is 25.1 Å². The van der Waals surface area contributed by atoms with Crippen molar-refractivity contribution >= 4 is 24.0 Å². The van der Waals surface area contributed by atoms with Crippen LogP contribution in [-0.4, -0.2) is 69.9 Å². The summed E-state index contributed by atoms with van der Waals surface area (Å²) in [6.45, 7) is -1.02. The summed E-state index contributed by atoms with van der Waals surface area (Å²) in [6, 6.07) is 7.06. The Morgan fingerprint density at radius 1 is 1.20 bits per heavy atom. The van der Waals surface area contributed by atoms with Crippen LogP contribution in [0.15, 0.2) is 29.4 Å². The number of carbonyl (C=O) groups is 3. The van der Waals surface area contributed by atoms with Crippen LogP contribution in [-0.2, 0) is 24.0 Å². The fraction of sp³-hybridized carbons (Fsp3) is 0.375. The first-order valence-corrected chi connectivity index (χ1v) is 7.35. The molecule has 0 aromatic heterocycles. The van der Waals surface area contributed by atoms with Crippen molar-refractivity contribution in [2.45, 2.75) is 0 Å². The number of esters is 1. The fourth-order valence-corrected chi connectivity index (χ4v) is 1.55. The van der Waals surface area contributed by atoms with Gasteiger partial charge in [-0.3, -0.25) is 9.59 Å². The van der Waals surface area contributed by atoms with Gasteiger partial charge < -0.3 is 24.5 Å². The van der Waals surface area contributed by atoms with E-state index in [0.29, 0.717) is 5.75 Å². The van der Waals surface area contributed by atoms with Crippen LogP contribution in [0.1, 0.15) is 5.56 Å². The molecule has 0 heterocycles. The van der Waals surface area contributed by atoms with Gasteiger partial charge in [-0.1, -0.05) is 5.16 Å². The first kappa shape index (κ1) is 19.9. The Morgan fingerprint density at radius 3 is 2.48 bits per heavy atom. The van der Waals surface area contributed by atoms with Gasteiger partial charge in [0.05, 0.1) is 19.9 Å². The zero-order valence-electron chi connectivity index (χ0n) is 14.4. The predicted molar refractivity (Wildman–Crippen MR) is 89.2 cm³/mol. The highest BCUT2D eigenvalue weighted by atomic mass is 16.7. The van der Waals surface area contributed by atoms with Gasteiger partial charge in [-0.15, -0.1) is 0 Å². The molecule has 0 saturated heterocycles. The van der Waals surface area contributed by atoms with Gasteiger partial charge in [-0.25, -0.2) is 4.79 Å². The van der Waals surface area contributed by atoms with Crippen molar-refractivity contribution in [3.63, 3.8) is 0 Å². The topological polar surface area (TPSA) is 107 Å². The number of amides is 2. The summed E-state index contributed by atoms with van der Waals surface area (Å²) in [4.78, 5) is 40.2. The summed E-state index contributed by atoms with van der Waals surface area (Å²) < 4.78 is 9.77. The average Bonchev–Trinajstić information content (AvgIpc) is 2.63. The third-order valence-electron chi connectivity index (χ3n) is 3.02. The van der Waals surface area contributed by atoms with Crippen molar-refractivity contribution < 1.29 is 28.7 Å². The maximum Gasteiger partial charge on any atom is 0.347 e. The Balaban J connectivity index is 2.26. The van der Waals surface area contributed by atoms with Crippen molar-refractivity contribution in [3.05, 3.63) is 29.8 Å². The molecule has 1 aromatic carbocycles. The van der Waals surface area contributed by atoms with E-state index in [9.17, 15) is 14.4 Å². The van der Waals surface area contributed by atoms with E-state index in [2.05, 4.69) is 10.5 Å². The number of nitrogens with zero attached hydrogens (tertiary/aromatic N) is 2. The van der Waals surface area contributed by atoms with Gasteiger partial charge in [0.25, 0.3) is 5.91 Å². The Morgan fingerprint density at radius 2 is 1.88 bits per heavy atom. The lowest BCUT2D eigenvalue weighted by Gasteiger charge is -2.15. The van der Waals surface area contributed by atoms with Gasteiger partial charge in [-0.05, 0) is 29.8 Å². The molecule has 0 aliphatic heterocycles. The lowest BCUT2D eigenvalue weighted by atomic mass is 10.2. The summed E-state index contributed by atoms with van der Waals surface area (Å²) in [7, 11) is 4.46. The molecule has 1 aromatic rings. The fourth-order valence-electron chi connectivity index (χ4n) is 1.55. The van der Waals surface area contributed by atoms with Gasteiger partial charge in [0, 0.05) is 14.1 Å². The van der Waals surface area contributed by atoms with Gasteiger partial charge in [0.2, 0.25) is 12.5 Å². The molecule has 0 radical (unpaired) electrons. The minimum atomic E-state index is -0.742. The van der Waals surface area contributed by atoms with Crippen LogP contribution < -0.4 is 10.1 Å². The second-order valence-corrected chi connectivity index (χ2v) is 4.86. The molecule has 0 aliphatic rings. The SMILES string of the molecule is CNC(=O)CN(C)C(=O)COC(=O)CO/N=C\c1ccc(OC)cc1. The molecular formula is C16H21N3O6. The van der Waals surface area contributed by atoms with E-state index in [-0.39, 0.29) is 12.5 Å². The number of hydrogen-bond acceptors (Lipinski definition) is 7. The Hall–Kier alpha value is -3.10. The summed E-state index contributed by atoms with van der Waals surface area (Å²) >= 11 is 0. The Labute approximate surface area is 145 Å². The highest BCUT2D eigenvalue weighted by molar-refractivity contribution is 5.86. The number of hydrogen-bond donors (Lipinski definition) is 1. The van der Waals surface area contributed by atoms with Crippen molar-refractivity contribution in [2.24, 2.45) is 5.16 Å². The molecule has 0 unspecified atom stereocenters. The third-order valence-corrected chi connectivity index (χ3v) is 3.02. The molecule has 1 rings (SSSR count). The summed E-state index contributed by atoms with van der Waals surface area (Å²) in [6.07, 6.45) is 1.43. The molecule has 0 spiro atoms. The third kappa shape index (κ3) is 7.82. The number of rotatable bonds is 9. The first-order chi connectivity index (χ1) is 12.0. The molecule has 0 fully saturated rings. The van der Waals surface area contributed by atoms with Gasteiger partial charge in [-0.2, -0.15) is 0 Å². The maximum atomic E-state index is 11.7. The summed E-state index contributed by atoms with van der Waals surface area (Å²) in [5, 5.41) is 6.02. The lowest BCUT2D eigenvalue weighted by Crippen LogP contribution is -2.39. The van der Waals surface area contributed by atoms with E-state index in [1.54, 1.807) is 31.4 Å². The number of oxime groups is 1. The van der Waals surface area contributed by atoms with Crippen LogP contribution in [0.4, 0.5) is 0 Å². The summed E-state index contributed by atoms with van der Waals surface area (Å²) in [5.41, 5.74) is 0.764. The molecule has 0 atom stereocenters. The molecule has 0 bridgehead atoms. The number of benzene rings is 1. The van der Waals surface area contributed by atoms with Crippen LogP contribution in [0, 0.1) is 0 Å². The van der Waals surface area contributed by atoms with E-state index in [1.807, 2.05) is 0 Å². The van der Waals surface area contributed by atoms with E-state index in [4.69, 9.17) is 14.3 Å². The minimum absolute atomic E-state index is 0.116. The van der Waals surface area contributed by atoms with E-state index in [1.165, 1.54) is 20.3 Å². The normalized spacial score (nSPS) is 10.2. The van der Waals surface area contributed by atoms with E-state index in [0.717, 1.165) is 10.5 Å². The zero-order chi connectivity index (χ0) is 18.7. The number of methoxy groups -OCH3 is 1. The van der Waals surface area contributed by atoms with Crippen LogP contribution in [0.5, 0.6) is 5.75 Å². The van der Waals surface area contributed by atoms with Crippen LogP contribution in [0.25, 0.3) is 0 Å². The number of ether oxygens (including phenoxy) is 2. The molecule has 0 aliphatic carbocycles. The quantitative estimate of drug-likeness (QED) is 0.375. The largest absolute Gasteiger partial charge is 0.497 e. The maximum absolute atomic E-state index is 11.7. The highest BCUT2D eigenvalue weighted by Crippen LogP contribution is 2.09. The van der Waals surface area contributed by atoms with Crippen molar-refractivity contribution in [3.8, 4) is 5.75 Å². The van der Waals surface area contributed by atoms with Crippen LogP contribution >= 0.6 is 0 Å². The molecule has 25 heavy (non-hydrogen) atoms. The number of likely N-dealkylation sites (N-methyl/N-ethyl adjacent to an activating group) is 2. The van der Waals surface area contributed by atoms with Crippen molar-refractivity contribution in [1.29, 1.82) is 0 Å². The van der Waals surface area contributed by atoms with E-state index >= 15 is 0 Å². The monoisotopic (exact) mass is 351 g/mol. The van der Waals surface area contributed by atoms with Crippen molar-refractivity contribution in [2.75, 3.05) is 41.0 Å². The Kier molecular flexibility index (Phi) is 8.48. The molecule has 0 saturated carbocycles. The highest BCUT2D eigenvalue weighted by Gasteiger charge is 2.14. The van der Waals surface area contributed by atoms with Crippen molar-refractivity contribution in [1.82, 2.24) is 10.2 Å². The summed E-state index contributed by atoms with van der Waals surface area (Å²) in [5.74, 6) is -0.849. The molecule has 9 heteroatoms. The van der Waals surface area contributed by atoms with Gasteiger partial charge >= 0.3 is 5.97 Å². The van der Waals surface area contributed by atoms with Crippen LogP contribution in [0.2, 0.25) is 0 Å². The smallest absolute Gasteiger partial charge is 0.347 e. The molecule has 136 valence electrons. The predicted octanol–water partition coefficient (Wildman–Crippen LogP) is -0.207.